The first kappa shape index (κ1) is 20.2. The van der Waals surface area contributed by atoms with Crippen molar-refractivity contribution in [2.24, 2.45) is 0 Å². The first-order valence-electron chi connectivity index (χ1n) is 9.73. The number of esters is 1. The zero-order chi connectivity index (χ0) is 19.7. The summed E-state index contributed by atoms with van der Waals surface area (Å²) in [5.74, 6) is -0.112. The van der Waals surface area contributed by atoms with Crippen LogP contribution in [0.1, 0.15) is 66.7 Å². The van der Waals surface area contributed by atoms with Gasteiger partial charge in [-0.1, -0.05) is 19.3 Å². The number of rotatable bonds is 5. The van der Waals surface area contributed by atoms with Crippen LogP contribution < -0.4 is 0 Å². The van der Waals surface area contributed by atoms with Crippen LogP contribution in [0.25, 0.3) is 10.9 Å². The summed E-state index contributed by atoms with van der Waals surface area (Å²) in [6.07, 6.45) is 5.93. The van der Waals surface area contributed by atoms with Crippen LogP contribution in [0.4, 0.5) is 0 Å². The third-order valence-corrected chi connectivity index (χ3v) is 6.06. The maximum atomic E-state index is 12.9. The molecule has 0 aliphatic heterocycles. The van der Waals surface area contributed by atoms with Crippen molar-refractivity contribution in [2.45, 2.75) is 58.5 Å². The van der Waals surface area contributed by atoms with Gasteiger partial charge in [-0.15, -0.1) is 0 Å². The minimum Gasteiger partial charge on any atom is -0.506 e. The van der Waals surface area contributed by atoms with E-state index < -0.39 is 0 Å². The Kier molecular flexibility index (Phi) is 6.16. The molecule has 1 aliphatic rings. The quantitative estimate of drug-likeness (QED) is 0.657. The predicted octanol–water partition coefficient (Wildman–Crippen LogP) is 5.16. The summed E-state index contributed by atoms with van der Waals surface area (Å²) in [7, 11) is 3.92. The van der Waals surface area contributed by atoms with E-state index in [1.54, 1.807) is 0 Å². The van der Waals surface area contributed by atoms with Gasteiger partial charge in [0.1, 0.15) is 5.75 Å². The number of halogens is 1. The smallest absolute Gasteiger partial charge is 0.340 e. The second kappa shape index (κ2) is 8.23. The van der Waals surface area contributed by atoms with Gasteiger partial charge in [0.15, 0.2) is 0 Å². The molecular formula is C21H29BrN2O3. The SMILES string of the molecule is CCOC(=O)c1c(C)n(C2CCCCC2)c2cc(Br)c(O)c(CN(C)C)c12. The highest BCUT2D eigenvalue weighted by Gasteiger charge is 2.29. The number of carbonyl (C=O) groups is 1. The lowest BCUT2D eigenvalue weighted by atomic mass is 9.95. The third-order valence-electron chi connectivity index (χ3n) is 5.46. The Morgan fingerprint density at radius 3 is 2.59 bits per heavy atom. The number of hydrogen-bond donors (Lipinski definition) is 1. The lowest BCUT2D eigenvalue weighted by Gasteiger charge is -2.26. The first-order valence-corrected chi connectivity index (χ1v) is 10.5. The van der Waals surface area contributed by atoms with E-state index in [4.69, 9.17) is 4.74 Å². The highest BCUT2D eigenvalue weighted by molar-refractivity contribution is 9.10. The molecule has 0 radical (unpaired) electrons. The lowest BCUT2D eigenvalue weighted by Crippen LogP contribution is -2.15. The van der Waals surface area contributed by atoms with Crippen LogP contribution >= 0.6 is 15.9 Å². The molecule has 1 N–H and O–H groups in total. The van der Waals surface area contributed by atoms with Crippen molar-refractivity contribution < 1.29 is 14.6 Å². The summed E-state index contributed by atoms with van der Waals surface area (Å²) in [5, 5.41) is 11.6. The number of ether oxygens (including phenoxy) is 1. The van der Waals surface area contributed by atoms with Gasteiger partial charge in [0.2, 0.25) is 0 Å². The summed E-state index contributed by atoms with van der Waals surface area (Å²) in [6.45, 7) is 4.70. The largest absolute Gasteiger partial charge is 0.506 e. The van der Waals surface area contributed by atoms with Gasteiger partial charge in [-0.3, -0.25) is 0 Å². The minimum absolute atomic E-state index is 0.197. The van der Waals surface area contributed by atoms with Gasteiger partial charge < -0.3 is 19.3 Å². The van der Waals surface area contributed by atoms with Crippen LogP contribution in [0, 0.1) is 6.92 Å². The molecule has 5 nitrogen and oxygen atoms in total. The molecule has 1 aromatic carbocycles. The molecular weight excluding hydrogens is 408 g/mol. The van der Waals surface area contributed by atoms with Gasteiger partial charge in [0.25, 0.3) is 0 Å². The van der Waals surface area contributed by atoms with Crippen LogP contribution in [0.5, 0.6) is 5.75 Å². The first-order chi connectivity index (χ1) is 12.9. The van der Waals surface area contributed by atoms with Crippen LogP contribution in [-0.4, -0.2) is 41.2 Å². The van der Waals surface area contributed by atoms with Crippen molar-refractivity contribution >= 4 is 32.8 Å². The molecule has 0 saturated heterocycles. The van der Waals surface area contributed by atoms with Crippen molar-refractivity contribution in [1.82, 2.24) is 9.47 Å². The molecule has 3 rings (SSSR count). The fourth-order valence-corrected chi connectivity index (χ4v) is 4.82. The molecule has 0 spiro atoms. The van der Waals surface area contributed by atoms with Crippen molar-refractivity contribution in [3.05, 3.63) is 27.4 Å². The minimum atomic E-state index is -0.309. The molecule has 1 aromatic heterocycles. The number of phenols is 1. The molecule has 0 amide bonds. The summed E-state index contributed by atoms with van der Waals surface area (Å²) < 4.78 is 8.36. The number of carbonyl (C=O) groups excluding carboxylic acids is 1. The van der Waals surface area contributed by atoms with E-state index in [1.807, 2.05) is 38.9 Å². The molecule has 0 bridgehead atoms. The summed E-state index contributed by atoms with van der Waals surface area (Å²) >= 11 is 3.52. The molecule has 148 valence electrons. The highest BCUT2D eigenvalue weighted by Crippen LogP contribution is 2.43. The van der Waals surface area contributed by atoms with Gasteiger partial charge in [0.05, 0.1) is 22.2 Å². The number of hydrogen-bond acceptors (Lipinski definition) is 4. The molecule has 1 aliphatic carbocycles. The number of phenolic OH excluding ortho intramolecular Hbond substituents is 1. The van der Waals surface area contributed by atoms with Crippen LogP contribution in [0.2, 0.25) is 0 Å². The maximum absolute atomic E-state index is 12.9. The molecule has 1 heterocycles. The van der Waals surface area contributed by atoms with E-state index in [-0.39, 0.29) is 11.7 Å². The van der Waals surface area contributed by atoms with E-state index in [2.05, 4.69) is 20.5 Å². The van der Waals surface area contributed by atoms with Crippen LogP contribution in [0.3, 0.4) is 0 Å². The average molecular weight is 437 g/mol. The number of benzene rings is 1. The molecule has 1 saturated carbocycles. The Morgan fingerprint density at radius 2 is 2.00 bits per heavy atom. The average Bonchev–Trinajstić information content (AvgIpc) is 2.91. The Bertz CT molecular complexity index is 851. The van der Waals surface area contributed by atoms with Crippen molar-refractivity contribution in [2.75, 3.05) is 20.7 Å². The molecule has 6 heteroatoms. The number of nitrogens with zero attached hydrogens (tertiary/aromatic N) is 2. The second-order valence-electron chi connectivity index (χ2n) is 7.66. The zero-order valence-electron chi connectivity index (χ0n) is 16.6. The fourth-order valence-electron chi connectivity index (χ4n) is 4.36. The summed E-state index contributed by atoms with van der Waals surface area (Å²) in [5.41, 5.74) is 3.30. The van der Waals surface area contributed by atoms with E-state index >= 15 is 0 Å². The Labute approximate surface area is 169 Å². The number of aromatic hydroxyl groups is 1. The summed E-state index contributed by atoms with van der Waals surface area (Å²) in [4.78, 5) is 14.9. The highest BCUT2D eigenvalue weighted by atomic mass is 79.9. The maximum Gasteiger partial charge on any atom is 0.340 e. The standard InChI is InChI=1S/C21H29BrN2O3/c1-5-27-21(26)18-13(2)24(14-9-7-6-8-10-14)17-11-16(22)20(25)15(19(17)18)12-23(3)4/h11,14,25H,5-10,12H2,1-4H3. The van der Waals surface area contributed by atoms with Crippen molar-refractivity contribution in [3.8, 4) is 5.75 Å². The zero-order valence-corrected chi connectivity index (χ0v) is 18.2. The second-order valence-corrected chi connectivity index (χ2v) is 8.51. The molecule has 1 fully saturated rings. The van der Waals surface area contributed by atoms with Gasteiger partial charge >= 0.3 is 5.97 Å². The Hall–Kier alpha value is -1.53. The van der Waals surface area contributed by atoms with Gasteiger partial charge in [-0.05, 0) is 62.8 Å². The number of aromatic nitrogens is 1. The Balaban J connectivity index is 2.34. The van der Waals surface area contributed by atoms with Crippen molar-refractivity contribution in [1.29, 1.82) is 0 Å². The van der Waals surface area contributed by atoms with Crippen LogP contribution in [0.15, 0.2) is 10.5 Å². The normalized spacial score (nSPS) is 15.6. The fraction of sp³-hybridized carbons (Fsp3) is 0.571. The Morgan fingerprint density at radius 1 is 1.33 bits per heavy atom. The van der Waals surface area contributed by atoms with E-state index in [0.717, 1.165) is 35.0 Å². The third kappa shape index (κ3) is 3.74. The van der Waals surface area contributed by atoms with Gasteiger partial charge in [0, 0.05) is 29.2 Å². The topological polar surface area (TPSA) is 54.7 Å². The monoisotopic (exact) mass is 436 g/mol. The summed E-state index contributed by atoms with van der Waals surface area (Å²) in [6, 6.07) is 2.34. The molecule has 2 aromatic rings. The molecule has 0 atom stereocenters. The van der Waals surface area contributed by atoms with E-state index in [9.17, 15) is 9.90 Å². The van der Waals surface area contributed by atoms with E-state index in [0.29, 0.717) is 29.2 Å². The van der Waals surface area contributed by atoms with Gasteiger partial charge in [-0.2, -0.15) is 0 Å². The van der Waals surface area contributed by atoms with Crippen molar-refractivity contribution in [3.63, 3.8) is 0 Å². The number of fused-ring (bicyclic) bond motifs is 1. The van der Waals surface area contributed by atoms with E-state index in [1.165, 1.54) is 19.3 Å². The molecule has 0 unspecified atom stereocenters. The lowest BCUT2D eigenvalue weighted by molar-refractivity contribution is 0.0527. The van der Waals surface area contributed by atoms with Gasteiger partial charge in [-0.25, -0.2) is 4.79 Å². The predicted molar refractivity (Wildman–Crippen MR) is 112 cm³/mol. The van der Waals surface area contributed by atoms with Crippen LogP contribution in [-0.2, 0) is 11.3 Å². The molecule has 27 heavy (non-hydrogen) atoms.